The van der Waals surface area contributed by atoms with Gasteiger partial charge in [0.1, 0.15) is 12.7 Å². The van der Waals surface area contributed by atoms with Crippen LogP contribution in [-0.2, 0) is 28.5 Å². The number of benzene rings is 3. The zero-order valence-corrected chi connectivity index (χ0v) is 20.8. The Labute approximate surface area is 223 Å². The molecule has 39 heavy (non-hydrogen) atoms. The summed E-state index contributed by atoms with van der Waals surface area (Å²) < 4.78 is 42.5. The molecule has 0 spiro atoms. The van der Waals surface area contributed by atoms with Crippen molar-refractivity contribution in [3.63, 3.8) is 0 Å². The molecule has 1 aliphatic rings. The molecule has 1 unspecified atom stereocenters. The van der Waals surface area contributed by atoms with Crippen molar-refractivity contribution in [1.82, 2.24) is 0 Å². The molecule has 0 amide bonds. The maximum absolute atomic E-state index is 15.5. The summed E-state index contributed by atoms with van der Waals surface area (Å²) in [6, 6.07) is 23.5. The van der Waals surface area contributed by atoms with Gasteiger partial charge in [0.05, 0.1) is 16.7 Å². The Hall–Kier alpha value is -4.57. The molecule has 0 aromatic heterocycles. The van der Waals surface area contributed by atoms with E-state index in [-0.39, 0.29) is 16.7 Å². The largest absolute Gasteiger partial charge is 0.463 e. The van der Waals surface area contributed by atoms with E-state index in [4.69, 9.17) is 23.7 Å². The molecule has 0 bridgehead atoms. The molecule has 1 saturated heterocycles. The van der Waals surface area contributed by atoms with Gasteiger partial charge in [-0.3, -0.25) is 4.79 Å². The Balaban J connectivity index is 1.69. The van der Waals surface area contributed by atoms with E-state index in [1.54, 1.807) is 54.6 Å². The molecular formula is C29H25FO9. The number of rotatable bonds is 8. The van der Waals surface area contributed by atoms with E-state index in [2.05, 4.69) is 0 Å². The Kier molecular flexibility index (Phi) is 9.01. The third-order valence-electron chi connectivity index (χ3n) is 5.79. The first-order valence-corrected chi connectivity index (χ1v) is 12.0. The molecule has 0 N–H and O–H groups in total. The van der Waals surface area contributed by atoms with Gasteiger partial charge in [-0.05, 0) is 36.4 Å². The molecule has 1 fully saturated rings. The summed E-state index contributed by atoms with van der Waals surface area (Å²) in [6.07, 6.45) is -8.73. The van der Waals surface area contributed by atoms with Crippen LogP contribution in [0.25, 0.3) is 0 Å². The van der Waals surface area contributed by atoms with Crippen LogP contribution in [0, 0.1) is 0 Å². The molecule has 0 aliphatic carbocycles. The SMILES string of the molecule is CC(=O)OC[C@H]1OC(F)[C@H](OC(=O)c2ccccc2)[C@@H](OC(=O)c2ccccc2)[C@@H]1OC(=O)c1ccccc1. The Bertz CT molecular complexity index is 1280. The zero-order chi connectivity index (χ0) is 27.8. The average Bonchev–Trinajstić information content (AvgIpc) is 2.96. The number of hydrogen-bond acceptors (Lipinski definition) is 9. The van der Waals surface area contributed by atoms with Gasteiger partial charge in [-0.2, -0.15) is 0 Å². The van der Waals surface area contributed by atoms with E-state index < -0.39 is 61.3 Å². The van der Waals surface area contributed by atoms with Crippen LogP contribution < -0.4 is 0 Å². The second kappa shape index (κ2) is 12.8. The molecule has 3 aromatic carbocycles. The highest BCUT2D eigenvalue weighted by molar-refractivity contribution is 5.91. The minimum atomic E-state index is -2.32. The highest BCUT2D eigenvalue weighted by atomic mass is 19.1. The molecule has 0 radical (unpaired) electrons. The van der Waals surface area contributed by atoms with Crippen LogP contribution in [0.1, 0.15) is 38.0 Å². The van der Waals surface area contributed by atoms with Crippen LogP contribution >= 0.6 is 0 Å². The highest BCUT2D eigenvalue weighted by Gasteiger charge is 2.53. The van der Waals surface area contributed by atoms with Crippen LogP contribution in [0.3, 0.4) is 0 Å². The zero-order valence-electron chi connectivity index (χ0n) is 20.8. The van der Waals surface area contributed by atoms with Crippen LogP contribution in [0.5, 0.6) is 0 Å². The van der Waals surface area contributed by atoms with Crippen molar-refractivity contribution in [3.8, 4) is 0 Å². The smallest absolute Gasteiger partial charge is 0.338 e. The van der Waals surface area contributed by atoms with E-state index >= 15 is 4.39 Å². The Morgan fingerprint density at radius 2 is 1.03 bits per heavy atom. The number of carbonyl (C=O) groups excluding carboxylic acids is 4. The van der Waals surface area contributed by atoms with Gasteiger partial charge in [0, 0.05) is 6.92 Å². The van der Waals surface area contributed by atoms with Crippen molar-refractivity contribution >= 4 is 23.9 Å². The van der Waals surface area contributed by atoms with Gasteiger partial charge in [0.25, 0.3) is 0 Å². The van der Waals surface area contributed by atoms with Gasteiger partial charge in [-0.1, -0.05) is 54.6 Å². The first kappa shape index (κ1) is 27.5. The van der Waals surface area contributed by atoms with E-state index in [0.717, 1.165) is 6.92 Å². The molecular weight excluding hydrogens is 511 g/mol. The lowest BCUT2D eigenvalue weighted by atomic mass is 9.98. The molecule has 4 rings (SSSR count). The molecule has 1 heterocycles. The Morgan fingerprint density at radius 1 is 0.641 bits per heavy atom. The van der Waals surface area contributed by atoms with E-state index in [9.17, 15) is 19.2 Å². The monoisotopic (exact) mass is 536 g/mol. The quantitative estimate of drug-likeness (QED) is 0.312. The average molecular weight is 537 g/mol. The van der Waals surface area contributed by atoms with Crippen molar-refractivity contribution in [1.29, 1.82) is 0 Å². The summed E-state index contributed by atoms with van der Waals surface area (Å²) >= 11 is 0. The Morgan fingerprint density at radius 3 is 1.44 bits per heavy atom. The summed E-state index contributed by atoms with van der Waals surface area (Å²) in [5.41, 5.74) is 0.381. The van der Waals surface area contributed by atoms with Gasteiger partial charge in [0.2, 0.25) is 6.36 Å². The fourth-order valence-electron chi connectivity index (χ4n) is 3.90. The second-order valence-corrected chi connectivity index (χ2v) is 8.54. The lowest BCUT2D eigenvalue weighted by Crippen LogP contribution is -2.61. The molecule has 202 valence electrons. The molecule has 0 saturated carbocycles. The maximum Gasteiger partial charge on any atom is 0.338 e. The third-order valence-corrected chi connectivity index (χ3v) is 5.79. The highest BCUT2D eigenvalue weighted by Crippen LogP contribution is 2.31. The lowest BCUT2D eigenvalue weighted by Gasteiger charge is -2.42. The molecule has 1 aliphatic heterocycles. The van der Waals surface area contributed by atoms with Gasteiger partial charge < -0.3 is 23.7 Å². The molecule has 3 aromatic rings. The van der Waals surface area contributed by atoms with E-state index in [0.29, 0.717) is 0 Å². The normalized spacial score (nSPS) is 22.3. The van der Waals surface area contributed by atoms with Gasteiger partial charge in [-0.25, -0.2) is 18.8 Å². The van der Waals surface area contributed by atoms with Crippen molar-refractivity contribution in [2.75, 3.05) is 6.61 Å². The summed E-state index contributed by atoms with van der Waals surface area (Å²) in [7, 11) is 0. The first-order chi connectivity index (χ1) is 18.8. The predicted octanol–water partition coefficient (Wildman–Crippen LogP) is 3.92. The molecule has 9 nitrogen and oxygen atoms in total. The van der Waals surface area contributed by atoms with Crippen molar-refractivity contribution in [2.45, 2.75) is 37.7 Å². The number of esters is 4. The van der Waals surface area contributed by atoms with Crippen LogP contribution in [-0.4, -0.2) is 61.3 Å². The molecule has 5 atom stereocenters. The van der Waals surface area contributed by atoms with Crippen LogP contribution in [0.2, 0.25) is 0 Å². The second-order valence-electron chi connectivity index (χ2n) is 8.54. The third kappa shape index (κ3) is 7.05. The minimum absolute atomic E-state index is 0.109. The topological polar surface area (TPSA) is 114 Å². The number of ether oxygens (including phenoxy) is 5. The van der Waals surface area contributed by atoms with E-state index in [1.807, 2.05) is 0 Å². The fourth-order valence-corrected chi connectivity index (χ4v) is 3.90. The summed E-state index contributed by atoms with van der Waals surface area (Å²) in [5.74, 6) is -3.34. The minimum Gasteiger partial charge on any atom is -0.463 e. The van der Waals surface area contributed by atoms with Gasteiger partial charge in [0.15, 0.2) is 18.3 Å². The summed E-state index contributed by atoms with van der Waals surface area (Å²) in [5, 5.41) is 0. The lowest BCUT2D eigenvalue weighted by molar-refractivity contribution is -0.262. The van der Waals surface area contributed by atoms with Crippen molar-refractivity contribution < 1.29 is 47.3 Å². The fraction of sp³-hybridized carbons (Fsp3) is 0.241. The number of hydrogen-bond donors (Lipinski definition) is 0. The summed E-state index contributed by atoms with van der Waals surface area (Å²) in [6.45, 7) is 0.610. The van der Waals surface area contributed by atoms with Crippen molar-refractivity contribution in [3.05, 3.63) is 108 Å². The van der Waals surface area contributed by atoms with Crippen molar-refractivity contribution in [2.24, 2.45) is 0 Å². The van der Waals surface area contributed by atoms with E-state index in [1.165, 1.54) is 36.4 Å². The maximum atomic E-state index is 15.5. The van der Waals surface area contributed by atoms with Gasteiger partial charge in [-0.15, -0.1) is 0 Å². The van der Waals surface area contributed by atoms with Gasteiger partial charge >= 0.3 is 23.9 Å². The molecule has 10 heteroatoms. The number of carbonyl (C=O) groups is 4. The summed E-state index contributed by atoms with van der Waals surface area (Å²) in [4.78, 5) is 50.4. The predicted molar refractivity (Wildman–Crippen MR) is 133 cm³/mol. The number of alkyl halides is 1. The standard InChI is InChI=1S/C29H25FO9/c1-18(31)35-17-22-23(37-27(32)19-11-5-2-6-12-19)24(38-28(33)20-13-7-3-8-14-20)25(26(30)36-22)39-29(34)21-15-9-4-10-16-21/h2-16,22-26H,17H2,1H3/t22-,23-,24+,25-,26?/m1/s1. The van der Waals surface area contributed by atoms with Crippen LogP contribution in [0.4, 0.5) is 4.39 Å². The number of halogens is 1. The first-order valence-electron chi connectivity index (χ1n) is 12.0. The van der Waals surface area contributed by atoms with Crippen LogP contribution in [0.15, 0.2) is 91.0 Å².